The van der Waals surface area contributed by atoms with Gasteiger partial charge in [0.25, 0.3) is 0 Å². The van der Waals surface area contributed by atoms with Gasteiger partial charge < -0.3 is 5.11 Å². The molecular formula is C32H34F3NO3. The highest BCUT2D eigenvalue weighted by Crippen LogP contribution is 2.29. The van der Waals surface area contributed by atoms with Crippen molar-refractivity contribution in [2.75, 3.05) is 6.61 Å². The number of benzene rings is 3. The molecule has 0 aromatic heterocycles. The summed E-state index contributed by atoms with van der Waals surface area (Å²) in [6.07, 6.45) is 3.00. The van der Waals surface area contributed by atoms with Crippen LogP contribution in [0, 0.1) is 11.8 Å². The summed E-state index contributed by atoms with van der Waals surface area (Å²) in [6.45, 7) is 2.04. The second-order valence-corrected chi connectivity index (χ2v) is 9.47. The zero-order chi connectivity index (χ0) is 28.1. The maximum atomic E-state index is 12.8. The highest BCUT2D eigenvalue weighted by molar-refractivity contribution is 5.67. The zero-order valence-corrected chi connectivity index (χ0v) is 22.1. The number of aliphatic carboxylic acids is 1. The minimum Gasteiger partial charge on any atom is -0.479 e. The molecule has 4 nitrogen and oxygen atoms in total. The number of alkyl halides is 3. The Morgan fingerprint density at radius 1 is 0.769 bits per heavy atom. The topological polar surface area (TPSA) is 49.8 Å². The van der Waals surface area contributed by atoms with Crippen molar-refractivity contribution < 1.29 is 27.9 Å². The second-order valence-electron chi connectivity index (χ2n) is 9.47. The quantitative estimate of drug-likeness (QED) is 0.138. The number of carboxylic acids is 1. The van der Waals surface area contributed by atoms with E-state index in [9.17, 15) is 18.0 Å². The van der Waals surface area contributed by atoms with E-state index in [1.54, 1.807) is 0 Å². The Balaban J connectivity index is 1.58. The molecule has 0 aliphatic heterocycles. The molecule has 0 radical (unpaired) electrons. The first-order chi connectivity index (χ1) is 18.7. The van der Waals surface area contributed by atoms with Crippen molar-refractivity contribution in [1.82, 2.24) is 5.06 Å². The van der Waals surface area contributed by atoms with Gasteiger partial charge in [-0.25, -0.2) is 4.79 Å². The van der Waals surface area contributed by atoms with Gasteiger partial charge in [-0.05, 0) is 65.9 Å². The van der Waals surface area contributed by atoms with Crippen LogP contribution in [0.2, 0.25) is 0 Å². The lowest BCUT2D eigenvalue weighted by Gasteiger charge is -2.21. The van der Waals surface area contributed by atoms with Crippen molar-refractivity contribution in [3.63, 3.8) is 0 Å². The number of hydrogen-bond donors (Lipinski definition) is 1. The summed E-state index contributed by atoms with van der Waals surface area (Å²) in [5.74, 6) is 5.20. The fourth-order valence-corrected chi connectivity index (χ4v) is 4.03. The van der Waals surface area contributed by atoms with Gasteiger partial charge >= 0.3 is 12.1 Å². The Kier molecular flexibility index (Phi) is 11.6. The molecule has 0 atom stereocenters. The van der Waals surface area contributed by atoms with Gasteiger partial charge in [0, 0.05) is 24.2 Å². The van der Waals surface area contributed by atoms with Gasteiger partial charge in [-0.1, -0.05) is 80.8 Å². The predicted molar refractivity (Wildman–Crippen MR) is 146 cm³/mol. The molecule has 0 amide bonds. The minimum absolute atomic E-state index is 0.127. The molecule has 0 saturated heterocycles. The second kappa shape index (κ2) is 15.1. The van der Waals surface area contributed by atoms with Crippen LogP contribution in [0.25, 0.3) is 0 Å². The van der Waals surface area contributed by atoms with Crippen LogP contribution in [0.4, 0.5) is 13.2 Å². The van der Waals surface area contributed by atoms with Crippen molar-refractivity contribution in [2.45, 2.75) is 64.7 Å². The van der Waals surface area contributed by atoms with Gasteiger partial charge in [-0.2, -0.15) is 18.2 Å². The number of nitrogens with zero attached hydrogens (tertiary/aromatic N) is 1. The minimum atomic E-state index is -4.42. The number of unbranched alkanes of at least 4 members (excludes halogenated alkanes) is 4. The molecule has 3 aromatic carbocycles. The van der Waals surface area contributed by atoms with E-state index in [4.69, 9.17) is 9.94 Å². The molecule has 3 aromatic rings. The molecule has 39 heavy (non-hydrogen) atoms. The van der Waals surface area contributed by atoms with Crippen LogP contribution < -0.4 is 0 Å². The van der Waals surface area contributed by atoms with E-state index in [1.165, 1.54) is 54.9 Å². The first-order valence-electron chi connectivity index (χ1n) is 13.2. The molecule has 0 fully saturated rings. The third-order valence-electron chi connectivity index (χ3n) is 6.20. The molecule has 0 unspecified atom stereocenters. The van der Waals surface area contributed by atoms with Gasteiger partial charge in [0.1, 0.15) is 0 Å². The molecule has 0 spiro atoms. The van der Waals surface area contributed by atoms with E-state index >= 15 is 0 Å². The Bertz CT molecular complexity index is 1230. The van der Waals surface area contributed by atoms with Crippen LogP contribution in [-0.4, -0.2) is 22.7 Å². The monoisotopic (exact) mass is 537 g/mol. The highest BCUT2D eigenvalue weighted by atomic mass is 19.4. The first kappa shape index (κ1) is 29.9. The summed E-state index contributed by atoms with van der Waals surface area (Å²) < 4.78 is 38.5. The number of hydroxylamine groups is 2. The molecular weight excluding hydrogens is 503 g/mol. The van der Waals surface area contributed by atoms with Crippen LogP contribution >= 0.6 is 0 Å². The lowest BCUT2D eigenvalue weighted by atomic mass is 10.0. The average Bonchev–Trinajstić information content (AvgIpc) is 2.91. The van der Waals surface area contributed by atoms with E-state index in [0.29, 0.717) is 5.56 Å². The molecule has 7 heteroatoms. The third-order valence-corrected chi connectivity index (χ3v) is 6.20. The summed E-state index contributed by atoms with van der Waals surface area (Å²) in [6, 6.07) is 20.6. The first-order valence-corrected chi connectivity index (χ1v) is 13.2. The fraction of sp³-hybridized carbons (Fsp3) is 0.344. The molecule has 1 N–H and O–H groups in total. The van der Waals surface area contributed by atoms with Crippen molar-refractivity contribution in [2.24, 2.45) is 0 Å². The fourth-order valence-electron chi connectivity index (χ4n) is 4.03. The largest absolute Gasteiger partial charge is 0.479 e. The molecule has 0 bridgehead atoms. The summed E-state index contributed by atoms with van der Waals surface area (Å²) in [5.41, 5.74) is 3.78. The van der Waals surface area contributed by atoms with E-state index in [-0.39, 0.29) is 13.1 Å². The number of carbonyl (C=O) groups is 1. The number of carboxylic acid groups (broad SMARTS) is 1. The molecule has 0 aliphatic carbocycles. The van der Waals surface area contributed by atoms with E-state index in [2.05, 4.69) is 30.9 Å². The summed E-state index contributed by atoms with van der Waals surface area (Å²) in [5, 5.41) is 10.4. The third kappa shape index (κ3) is 11.0. The Hall–Kier alpha value is -3.60. The normalized spacial score (nSPS) is 11.3. The van der Waals surface area contributed by atoms with E-state index in [1.807, 2.05) is 36.4 Å². The standard InChI is InChI=1S/C32H34F3NO3/c1-2-3-4-5-6-7-25-8-10-26(11-9-25)12-13-27-14-16-28(17-15-27)22-36(39-24-31(37)38)23-29-18-20-30(21-19-29)32(33,34)35/h8-11,14-21H,2-7,22-24H2,1H3,(H,37,38). The van der Waals surface area contributed by atoms with E-state index < -0.39 is 24.3 Å². The van der Waals surface area contributed by atoms with Gasteiger partial charge in [-0.3, -0.25) is 4.84 Å². The van der Waals surface area contributed by atoms with Crippen LogP contribution in [0.5, 0.6) is 0 Å². The Morgan fingerprint density at radius 2 is 1.26 bits per heavy atom. The molecule has 0 heterocycles. The Labute approximate surface area is 228 Å². The highest BCUT2D eigenvalue weighted by Gasteiger charge is 2.30. The lowest BCUT2D eigenvalue weighted by Crippen LogP contribution is -2.26. The maximum absolute atomic E-state index is 12.8. The number of hydrogen-bond acceptors (Lipinski definition) is 3. The van der Waals surface area contributed by atoms with Gasteiger partial charge in [0.15, 0.2) is 6.61 Å². The summed E-state index contributed by atoms with van der Waals surface area (Å²) in [7, 11) is 0. The summed E-state index contributed by atoms with van der Waals surface area (Å²) >= 11 is 0. The zero-order valence-electron chi connectivity index (χ0n) is 22.1. The number of aryl methyl sites for hydroxylation is 1. The maximum Gasteiger partial charge on any atom is 0.416 e. The van der Waals surface area contributed by atoms with Crippen molar-refractivity contribution in [3.05, 3.63) is 106 Å². The van der Waals surface area contributed by atoms with Crippen molar-refractivity contribution >= 4 is 5.97 Å². The summed E-state index contributed by atoms with van der Waals surface area (Å²) in [4.78, 5) is 16.4. The molecule has 206 valence electrons. The Morgan fingerprint density at radius 3 is 1.74 bits per heavy atom. The molecule has 0 aliphatic rings. The SMILES string of the molecule is CCCCCCCc1ccc(C#Cc2ccc(CN(Cc3ccc(C(F)(F)F)cc3)OCC(=O)O)cc2)cc1. The van der Waals surface area contributed by atoms with Crippen LogP contribution in [0.15, 0.2) is 72.8 Å². The van der Waals surface area contributed by atoms with Crippen LogP contribution in [0.3, 0.4) is 0 Å². The van der Waals surface area contributed by atoms with Crippen LogP contribution in [-0.2, 0) is 35.3 Å². The average molecular weight is 538 g/mol. The molecule has 0 saturated carbocycles. The molecule has 3 rings (SSSR count). The number of halogens is 3. The lowest BCUT2D eigenvalue weighted by molar-refractivity contribution is -0.190. The van der Waals surface area contributed by atoms with Gasteiger partial charge in [-0.15, -0.1) is 0 Å². The van der Waals surface area contributed by atoms with E-state index in [0.717, 1.165) is 35.2 Å². The van der Waals surface area contributed by atoms with Crippen molar-refractivity contribution in [1.29, 1.82) is 0 Å². The predicted octanol–water partition coefficient (Wildman–Crippen LogP) is 7.64. The smallest absolute Gasteiger partial charge is 0.416 e. The number of rotatable bonds is 13. The van der Waals surface area contributed by atoms with Gasteiger partial charge in [0.05, 0.1) is 5.56 Å². The van der Waals surface area contributed by atoms with Crippen molar-refractivity contribution in [3.8, 4) is 11.8 Å². The van der Waals surface area contributed by atoms with Gasteiger partial charge in [0.2, 0.25) is 0 Å². The van der Waals surface area contributed by atoms with Crippen LogP contribution in [0.1, 0.15) is 72.4 Å².